The van der Waals surface area contributed by atoms with E-state index in [9.17, 15) is 4.79 Å². The molecule has 3 N–H and O–H groups in total. The zero-order valence-electron chi connectivity index (χ0n) is 7.24. The second-order valence-electron chi connectivity index (χ2n) is 2.52. The summed E-state index contributed by atoms with van der Waals surface area (Å²) in [6, 6.07) is 0. The highest BCUT2D eigenvalue weighted by atomic mass is 35.5. The maximum atomic E-state index is 10.2. The number of hydrogen-bond acceptors (Lipinski definition) is 2. The average molecular weight is 180 g/mol. The van der Waals surface area contributed by atoms with E-state index < -0.39 is 0 Å². The Kier molecular flexibility index (Phi) is 12.2. The molecule has 0 unspecified atom stereocenters. The first kappa shape index (κ1) is 13.5. The molecule has 0 aliphatic heterocycles. The maximum Gasteiger partial charge on any atom is 0.221 e. The Balaban J connectivity index is 0. The lowest BCUT2D eigenvalue weighted by atomic mass is 10.1. The molecule has 3 heteroatoms. The molecule has 0 rings (SSSR count). The Morgan fingerprint density at radius 3 is 2.18 bits per heavy atom. The molecule has 0 aromatic rings. The number of unbranched alkanes of at least 4 members (excludes halogenated alkanes) is 4. The first-order valence-electron chi connectivity index (χ1n) is 3.95. The van der Waals surface area contributed by atoms with Gasteiger partial charge in [0.05, 0.1) is 0 Å². The highest BCUT2D eigenvalue weighted by molar-refractivity contribution is 6.63. The Labute approximate surface area is 73.9 Å². The molecule has 0 saturated heterocycles. The summed E-state index contributed by atoms with van der Waals surface area (Å²) in [5, 5.41) is -0.198. The van der Waals surface area contributed by atoms with Crippen LogP contribution in [0.1, 0.15) is 45.4 Å². The van der Waals surface area contributed by atoms with E-state index in [1.54, 1.807) is 0 Å². The van der Waals surface area contributed by atoms with Gasteiger partial charge in [-0.3, -0.25) is 4.79 Å². The molecular weight excluding hydrogens is 162 g/mol. The van der Waals surface area contributed by atoms with Gasteiger partial charge in [-0.1, -0.05) is 32.6 Å². The summed E-state index contributed by atoms with van der Waals surface area (Å²) < 4.78 is 0. The summed E-state index contributed by atoms with van der Waals surface area (Å²) in [6.45, 7) is 2.17. The molecule has 0 atom stereocenters. The van der Waals surface area contributed by atoms with Gasteiger partial charge < -0.3 is 6.15 Å². The number of hydrogen-bond donors (Lipinski definition) is 1. The number of rotatable bonds is 6. The Morgan fingerprint density at radius 1 is 1.18 bits per heavy atom. The minimum absolute atomic E-state index is 0. The van der Waals surface area contributed by atoms with E-state index in [4.69, 9.17) is 11.6 Å². The molecule has 2 nitrogen and oxygen atoms in total. The molecule has 68 valence electrons. The molecule has 11 heavy (non-hydrogen) atoms. The van der Waals surface area contributed by atoms with Crippen molar-refractivity contribution in [3.05, 3.63) is 0 Å². The van der Waals surface area contributed by atoms with E-state index in [0.29, 0.717) is 6.42 Å². The van der Waals surface area contributed by atoms with Crippen LogP contribution in [0, 0.1) is 0 Å². The molecule has 0 saturated carbocycles. The largest absolute Gasteiger partial charge is 0.344 e. The van der Waals surface area contributed by atoms with Crippen LogP contribution in [0.3, 0.4) is 0 Å². The first-order chi connectivity index (χ1) is 4.77. The summed E-state index contributed by atoms with van der Waals surface area (Å²) in [4.78, 5) is 10.2. The summed E-state index contributed by atoms with van der Waals surface area (Å²) >= 11 is 5.15. The lowest BCUT2D eigenvalue weighted by molar-refractivity contribution is -0.111. The van der Waals surface area contributed by atoms with Crippen LogP contribution in [-0.4, -0.2) is 5.24 Å². The maximum absolute atomic E-state index is 10.2. The van der Waals surface area contributed by atoms with Gasteiger partial charge in [0, 0.05) is 6.42 Å². The van der Waals surface area contributed by atoms with Crippen LogP contribution in [0.2, 0.25) is 0 Å². The van der Waals surface area contributed by atoms with Crippen molar-refractivity contribution in [2.24, 2.45) is 0 Å². The van der Waals surface area contributed by atoms with Gasteiger partial charge in [-0.25, -0.2) is 0 Å². The predicted octanol–water partition coefficient (Wildman–Crippen LogP) is 3.27. The van der Waals surface area contributed by atoms with Crippen molar-refractivity contribution in [2.75, 3.05) is 0 Å². The summed E-state index contributed by atoms with van der Waals surface area (Å²) in [6.07, 6.45) is 6.41. The minimum Gasteiger partial charge on any atom is -0.344 e. The van der Waals surface area contributed by atoms with E-state index >= 15 is 0 Å². The lowest BCUT2D eigenvalue weighted by Gasteiger charge is -1.95. The van der Waals surface area contributed by atoms with Crippen molar-refractivity contribution >= 4 is 16.8 Å². The van der Waals surface area contributed by atoms with Gasteiger partial charge in [-0.2, -0.15) is 0 Å². The van der Waals surface area contributed by atoms with Crippen LogP contribution in [0.5, 0.6) is 0 Å². The highest BCUT2D eigenvalue weighted by Crippen LogP contribution is 2.05. The van der Waals surface area contributed by atoms with Gasteiger partial charge in [0.15, 0.2) is 0 Å². The number of carbonyl (C=O) groups excluding carboxylic acids is 1. The van der Waals surface area contributed by atoms with Crippen molar-refractivity contribution in [3.63, 3.8) is 0 Å². The van der Waals surface area contributed by atoms with Gasteiger partial charge in [-0.15, -0.1) is 0 Å². The highest BCUT2D eigenvalue weighted by Gasteiger charge is 1.94. The van der Waals surface area contributed by atoms with Crippen molar-refractivity contribution in [1.82, 2.24) is 6.15 Å². The summed E-state index contributed by atoms with van der Waals surface area (Å²) in [7, 11) is 0. The normalized spacial score (nSPS) is 8.91. The van der Waals surface area contributed by atoms with Gasteiger partial charge >= 0.3 is 0 Å². The topological polar surface area (TPSA) is 52.1 Å². The molecule has 0 aliphatic rings. The molecule has 0 aromatic carbocycles. The molecule has 0 radical (unpaired) electrons. The molecule has 0 amide bonds. The minimum atomic E-state index is -0.198. The first-order valence-corrected chi connectivity index (χ1v) is 4.33. The molecule has 0 heterocycles. The van der Waals surface area contributed by atoms with E-state index in [1.807, 2.05) is 0 Å². The van der Waals surface area contributed by atoms with Gasteiger partial charge in [-0.05, 0) is 18.0 Å². The summed E-state index contributed by atoms with van der Waals surface area (Å²) in [5.74, 6) is 0. The zero-order chi connectivity index (χ0) is 7.82. The van der Waals surface area contributed by atoms with Crippen LogP contribution in [0.15, 0.2) is 0 Å². The van der Waals surface area contributed by atoms with E-state index in [-0.39, 0.29) is 11.4 Å². The van der Waals surface area contributed by atoms with Crippen LogP contribution >= 0.6 is 11.6 Å². The Morgan fingerprint density at radius 2 is 1.73 bits per heavy atom. The lowest BCUT2D eigenvalue weighted by Crippen LogP contribution is -1.85. The predicted molar refractivity (Wildman–Crippen MR) is 49.3 cm³/mol. The van der Waals surface area contributed by atoms with Gasteiger partial charge in [0.25, 0.3) is 0 Å². The van der Waals surface area contributed by atoms with Crippen LogP contribution in [-0.2, 0) is 4.79 Å². The standard InChI is InChI=1S/C8H15ClO.H3N/c1-2-3-4-5-6-7-8(9)10;/h2-7H2,1H3;1H3. The zero-order valence-corrected chi connectivity index (χ0v) is 7.99. The van der Waals surface area contributed by atoms with E-state index in [1.165, 1.54) is 19.3 Å². The van der Waals surface area contributed by atoms with Crippen molar-refractivity contribution in [3.8, 4) is 0 Å². The average Bonchev–Trinajstić information content (AvgIpc) is 1.87. The quantitative estimate of drug-likeness (QED) is 0.503. The van der Waals surface area contributed by atoms with Crippen LogP contribution in [0.25, 0.3) is 0 Å². The second kappa shape index (κ2) is 9.92. The Hall–Kier alpha value is -0.0800. The summed E-state index contributed by atoms with van der Waals surface area (Å²) in [5.41, 5.74) is 0. The van der Waals surface area contributed by atoms with Crippen LogP contribution < -0.4 is 6.15 Å². The third-order valence-corrected chi connectivity index (χ3v) is 1.67. The third kappa shape index (κ3) is 13.0. The van der Waals surface area contributed by atoms with E-state index in [2.05, 4.69) is 6.92 Å². The fourth-order valence-corrected chi connectivity index (χ4v) is 1.00. The smallest absolute Gasteiger partial charge is 0.221 e. The van der Waals surface area contributed by atoms with E-state index in [0.717, 1.165) is 12.8 Å². The van der Waals surface area contributed by atoms with Crippen molar-refractivity contribution in [1.29, 1.82) is 0 Å². The molecule has 0 bridgehead atoms. The fourth-order valence-electron chi connectivity index (χ4n) is 0.868. The molecule has 0 fully saturated rings. The number of carbonyl (C=O) groups is 1. The molecular formula is C8H18ClNO. The van der Waals surface area contributed by atoms with Crippen molar-refractivity contribution < 1.29 is 4.79 Å². The van der Waals surface area contributed by atoms with Crippen LogP contribution in [0.4, 0.5) is 0 Å². The van der Waals surface area contributed by atoms with Gasteiger partial charge in [0.2, 0.25) is 5.24 Å². The molecule has 0 aliphatic carbocycles. The monoisotopic (exact) mass is 179 g/mol. The molecule has 0 aromatic heterocycles. The fraction of sp³-hybridized carbons (Fsp3) is 0.875. The SMILES string of the molecule is CCCCCCCC(=O)Cl.N. The van der Waals surface area contributed by atoms with Gasteiger partial charge in [0.1, 0.15) is 0 Å². The third-order valence-electron chi connectivity index (χ3n) is 1.48. The number of halogens is 1. The molecule has 0 spiro atoms. The Bertz CT molecular complexity index is 96.1. The van der Waals surface area contributed by atoms with Crippen molar-refractivity contribution in [2.45, 2.75) is 45.4 Å². The second-order valence-corrected chi connectivity index (χ2v) is 2.94.